The molecule has 24 heavy (non-hydrogen) atoms. The molecule has 3 aromatic rings. The van der Waals surface area contributed by atoms with Gasteiger partial charge in [-0.1, -0.05) is 23.4 Å². The van der Waals surface area contributed by atoms with Crippen LogP contribution in [-0.4, -0.2) is 54.0 Å². The molecule has 0 saturated carbocycles. The van der Waals surface area contributed by atoms with Crippen LogP contribution in [0.4, 0.5) is 0 Å². The number of aliphatic hydroxyl groups is 1. The normalized spacial score (nSPS) is 10.9. The van der Waals surface area contributed by atoms with Crippen LogP contribution in [0.25, 0.3) is 17.2 Å². The lowest BCUT2D eigenvalue weighted by Gasteiger charge is -2.03. The average Bonchev–Trinajstić information content (AvgIpc) is 3.23. The van der Waals surface area contributed by atoms with E-state index in [1.165, 1.54) is 4.68 Å². The van der Waals surface area contributed by atoms with E-state index in [-0.39, 0.29) is 25.8 Å². The van der Waals surface area contributed by atoms with E-state index in [4.69, 9.17) is 15.6 Å². The van der Waals surface area contributed by atoms with E-state index in [9.17, 15) is 4.79 Å². The zero-order valence-corrected chi connectivity index (χ0v) is 12.6. The molecule has 0 unspecified atom stereocenters. The summed E-state index contributed by atoms with van der Waals surface area (Å²) >= 11 is 0. The van der Waals surface area contributed by atoms with Gasteiger partial charge in [0.2, 0.25) is 5.82 Å². The summed E-state index contributed by atoms with van der Waals surface area (Å²) in [6.07, 6.45) is 1.66. The Kier molecular flexibility index (Phi) is 4.59. The van der Waals surface area contributed by atoms with Crippen molar-refractivity contribution in [2.75, 3.05) is 13.2 Å². The first-order chi connectivity index (χ1) is 11.7. The second kappa shape index (κ2) is 6.98. The number of aliphatic hydroxyl groups excluding tert-OH is 1. The number of nitrogens with zero attached hydrogens (tertiary/aromatic N) is 6. The summed E-state index contributed by atoms with van der Waals surface area (Å²) in [7, 11) is 0. The minimum atomic E-state index is -0.757. The molecule has 2 heterocycles. The highest BCUT2D eigenvalue weighted by molar-refractivity contribution is 5.89. The fourth-order valence-corrected chi connectivity index (χ4v) is 2.01. The highest BCUT2D eigenvalue weighted by Crippen LogP contribution is 2.16. The van der Waals surface area contributed by atoms with Crippen LogP contribution in [0.3, 0.4) is 0 Å². The molecule has 1 amide bonds. The molecule has 3 N–H and O–H groups in total. The first kappa shape index (κ1) is 15.8. The molecular formula is C14H15N7O3. The Morgan fingerprint density at radius 1 is 1.29 bits per heavy atom. The van der Waals surface area contributed by atoms with Crippen LogP contribution in [0, 0.1) is 0 Å². The number of ether oxygens (including phenoxy) is 1. The standard InChI is InChI=1S/C14H15N7O3/c15-12(23)13-16-14(21(18-13)9-24-7-6-22)11-8-20(19-17-11)10-4-2-1-3-5-10/h1-5,8,22H,6-7,9H2,(H2,15,23). The summed E-state index contributed by atoms with van der Waals surface area (Å²) in [6.45, 7) is -0.00677. The van der Waals surface area contributed by atoms with Crippen molar-refractivity contribution in [3.8, 4) is 17.2 Å². The Morgan fingerprint density at radius 2 is 2.08 bits per heavy atom. The lowest BCUT2D eigenvalue weighted by molar-refractivity contribution is 0.0424. The summed E-state index contributed by atoms with van der Waals surface area (Å²) in [5.74, 6) is -0.608. The minimum Gasteiger partial charge on any atom is -0.394 e. The maximum absolute atomic E-state index is 11.3. The zero-order valence-electron chi connectivity index (χ0n) is 12.6. The van der Waals surface area contributed by atoms with Gasteiger partial charge in [0.1, 0.15) is 6.73 Å². The van der Waals surface area contributed by atoms with Crippen LogP contribution in [0.2, 0.25) is 0 Å². The summed E-state index contributed by atoms with van der Waals surface area (Å²) < 4.78 is 8.14. The third kappa shape index (κ3) is 3.29. The van der Waals surface area contributed by atoms with Crippen LogP contribution >= 0.6 is 0 Å². The summed E-state index contributed by atoms with van der Waals surface area (Å²) in [4.78, 5) is 15.4. The number of aromatic nitrogens is 6. The first-order valence-electron chi connectivity index (χ1n) is 7.10. The number of nitrogens with two attached hydrogens (primary N) is 1. The molecule has 0 atom stereocenters. The van der Waals surface area contributed by atoms with Crippen LogP contribution in [0.1, 0.15) is 10.6 Å². The molecule has 0 fully saturated rings. The number of hydrogen-bond donors (Lipinski definition) is 2. The Labute approximate surface area is 136 Å². The molecule has 0 spiro atoms. The second-order valence-electron chi connectivity index (χ2n) is 4.77. The number of primary amides is 1. The molecule has 3 rings (SSSR count). The molecule has 10 heteroatoms. The van der Waals surface area contributed by atoms with Gasteiger partial charge in [-0.05, 0) is 12.1 Å². The quantitative estimate of drug-likeness (QED) is 0.563. The number of carbonyl (C=O) groups is 1. The van der Waals surface area contributed by atoms with Crippen LogP contribution in [0.15, 0.2) is 36.5 Å². The average molecular weight is 329 g/mol. The molecule has 0 saturated heterocycles. The Hall–Kier alpha value is -3.11. The van der Waals surface area contributed by atoms with Crippen molar-refractivity contribution < 1.29 is 14.6 Å². The molecule has 0 aliphatic carbocycles. The summed E-state index contributed by atoms with van der Waals surface area (Å²) in [6, 6.07) is 9.42. The van der Waals surface area contributed by atoms with Gasteiger partial charge in [-0.2, -0.15) is 0 Å². The zero-order chi connectivity index (χ0) is 16.9. The molecule has 0 bridgehead atoms. The summed E-state index contributed by atoms with van der Waals surface area (Å²) in [5.41, 5.74) is 6.46. The molecule has 1 aromatic carbocycles. The maximum atomic E-state index is 11.3. The molecule has 124 valence electrons. The van der Waals surface area contributed by atoms with E-state index in [2.05, 4.69) is 20.4 Å². The fourth-order valence-electron chi connectivity index (χ4n) is 2.01. The van der Waals surface area contributed by atoms with Crippen molar-refractivity contribution in [1.29, 1.82) is 0 Å². The van der Waals surface area contributed by atoms with Gasteiger partial charge < -0.3 is 15.6 Å². The van der Waals surface area contributed by atoms with E-state index >= 15 is 0 Å². The van der Waals surface area contributed by atoms with Crippen molar-refractivity contribution in [2.45, 2.75) is 6.73 Å². The molecule has 10 nitrogen and oxygen atoms in total. The third-order valence-corrected chi connectivity index (χ3v) is 3.08. The van der Waals surface area contributed by atoms with Crippen molar-refractivity contribution in [2.24, 2.45) is 5.73 Å². The Morgan fingerprint density at radius 3 is 2.79 bits per heavy atom. The van der Waals surface area contributed by atoms with E-state index in [1.54, 1.807) is 10.9 Å². The number of carbonyl (C=O) groups excluding carboxylic acids is 1. The lowest BCUT2D eigenvalue weighted by atomic mass is 10.3. The van der Waals surface area contributed by atoms with Crippen molar-refractivity contribution in [3.05, 3.63) is 42.4 Å². The molecule has 0 aliphatic heterocycles. The number of rotatable bonds is 7. The first-order valence-corrected chi connectivity index (χ1v) is 7.10. The predicted molar refractivity (Wildman–Crippen MR) is 81.9 cm³/mol. The second-order valence-corrected chi connectivity index (χ2v) is 4.77. The van der Waals surface area contributed by atoms with Gasteiger partial charge in [-0.15, -0.1) is 10.2 Å². The topological polar surface area (TPSA) is 134 Å². The smallest absolute Gasteiger partial charge is 0.288 e. The van der Waals surface area contributed by atoms with E-state index in [0.29, 0.717) is 11.5 Å². The molecule has 2 aromatic heterocycles. The fraction of sp³-hybridized carbons (Fsp3) is 0.214. The van der Waals surface area contributed by atoms with E-state index in [0.717, 1.165) is 5.69 Å². The van der Waals surface area contributed by atoms with E-state index in [1.807, 2.05) is 30.3 Å². The van der Waals surface area contributed by atoms with Crippen molar-refractivity contribution in [3.63, 3.8) is 0 Å². The maximum Gasteiger partial charge on any atom is 0.288 e. The summed E-state index contributed by atoms with van der Waals surface area (Å²) in [5, 5.41) is 20.9. The van der Waals surface area contributed by atoms with Gasteiger partial charge >= 0.3 is 0 Å². The predicted octanol–water partition coefficient (Wildman–Crippen LogP) is -0.409. The molecule has 0 aliphatic rings. The van der Waals surface area contributed by atoms with Gasteiger partial charge in [0, 0.05) is 0 Å². The minimum absolute atomic E-state index is 0.00559. The Balaban J connectivity index is 1.93. The number of amides is 1. The third-order valence-electron chi connectivity index (χ3n) is 3.08. The van der Waals surface area contributed by atoms with Gasteiger partial charge in [0.05, 0.1) is 25.1 Å². The van der Waals surface area contributed by atoms with E-state index < -0.39 is 5.91 Å². The largest absolute Gasteiger partial charge is 0.394 e. The van der Waals surface area contributed by atoms with Crippen molar-refractivity contribution in [1.82, 2.24) is 29.8 Å². The Bertz CT molecular complexity index is 828. The van der Waals surface area contributed by atoms with Crippen LogP contribution in [0.5, 0.6) is 0 Å². The SMILES string of the molecule is NC(=O)c1nc(-c2cn(-c3ccccc3)nn2)n(COCCO)n1. The van der Waals surface area contributed by atoms with Gasteiger partial charge in [0.25, 0.3) is 5.91 Å². The number of para-hydroxylation sites is 1. The highest BCUT2D eigenvalue weighted by Gasteiger charge is 2.18. The molecule has 0 radical (unpaired) electrons. The van der Waals surface area contributed by atoms with Crippen LogP contribution in [-0.2, 0) is 11.5 Å². The van der Waals surface area contributed by atoms with Gasteiger partial charge in [-0.3, -0.25) is 4.79 Å². The van der Waals surface area contributed by atoms with Crippen LogP contribution < -0.4 is 5.73 Å². The van der Waals surface area contributed by atoms with Gasteiger partial charge in [0.15, 0.2) is 11.5 Å². The van der Waals surface area contributed by atoms with Crippen molar-refractivity contribution >= 4 is 5.91 Å². The van der Waals surface area contributed by atoms with Gasteiger partial charge in [-0.25, -0.2) is 14.3 Å². The highest BCUT2D eigenvalue weighted by atomic mass is 16.5. The number of hydrogen-bond acceptors (Lipinski definition) is 7. The lowest BCUT2D eigenvalue weighted by Crippen LogP contribution is -2.14. The molecular weight excluding hydrogens is 314 g/mol. The number of benzene rings is 1. The monoisotopic (exact) mass is 329 g/mol.